The molecule has 148 valence electrons. The van der Waals surface area contributed by atoms with Gasteiger partial charge in [-0.3, -0.25) is 9.78 Å². The van der Waals surface area contributed by atoms with Gasteiger partial charge in [0.2, 0.25) is 0 Å². The van der Waals surface area contributed by atoms with Crippen LogP contribution in [-0.2, 0) is 0 Å². The number of nitrogens with zero attached hydrogens (tertiary/aromatic N) is 2. The first-order chi connectivity index (χ1) is 12.1. The maximum atomic E-state index is 13.3. The molecule has 2 aromatic rings. The van der Waals surface area contributed by atoms with Crippen LogP contribution in [0.25, 0.3) is 10.9 Å². The molecule has 0 spiro atoms. The lowest BCUT2D eigenvalue weighted by Gasteiger charge is -2.19. The van der Waals surface area contributed by atoms with Gasteiger partial charge in [-0.25, -0.2) is 0 Å². The zero-order valence-electron chi connectivity index (χ0n) is 16.2. The summed E-state index contributed by atoms with van der Waals surface area (Å²) < 4.78 is 0. The molecule has 1 N–H and O–H groups in total. The van der Waals surface area contributed by atoms with E-state index < -0.39 is 0 Å². The van der Waals surface area contributed by atoms with Gasteiger partial charge in [0, 0.05) is 30.1 Å². The van der Waals surface area contributed by atoms with Crippen molar-refractivity contribution in [3.63, 3.8) is 0 Å². The maximum Gasteiger partial charge on any atom is 0.254 e. The van der Waals surface area contributed by atoms with Crippen LogP contribution in [0.2, 0.25) is 0 Å². The molecule has 1 aliphatic carbocycles. The highest BCUT2D eigenvalue weighted by Crippen LogP contribution is 2.41. The predicted octanol–water partition coefficient (Wildman–Crippen LogP) is 4.25. The lowest BCUT2D eigenvalue weighted by molar-refractivity contribution is 0.0789. The van der Waals surface area contributed by atoms with E-state index in [1.165, 1.54) is 24.0 Å². The van der Waals surface area contributed by atoms with E-state index in [9.17, 15) is 4.79 Å². The number of carbonyl (C=O) groups excluding carboxylic acids is 1. The third kappa shape index (κ3) is 4.39. The molecule has 1 aromatic carbocycles. The van der Waals surface area contributed by atoms with E-state index in [1.807, 2.05) is 11.9 Å². The van der Waals surface area contributed by atoms with E-state index in [-0.39, 0.29) is 30.7 Å². The fraction of sp³-hybridized carbons (Fsp3) is 0.524. The Morgan fingerprint density at radius 2 is 1.93 bits per heavy atom. The van der Waals surface area contributed by atoms with Gasteiger partial charge in [0.05, 0.1) is 11.1 Å². The Labute approximate surface area is 173 Å². The summed E-state index contributed by atoms with van der Waals surface area (Å²) in [5.74, 6) is 1.29. The van der Waals surface area contributed by atoms with Crippen molar-refractivity contribution >= 4 is 41.6 Å². The van der Waals surface area contributed by atoms with Gasteiger partial charge >= 0.3 is 0 Å². The highest BCUT2D eigenvalue weighted by molar-refractivity contribution is 6.07. The number of nitrogens with one attached hydrogen (secondary N) is 1. The molecule has 1 amide bonds. The zero-order valence-corrected chi connectivity index (χ0v) is 17.9. The second kappa shape index (κ2) is 8.76. The Bertz CT molecular complexity index is 836. The molecule has 0 bridgehead atoms. The van der Waals surface area contributed by atoms with E-state index in [1.54, 1.807) is 0 Å². The number of aryl methyl sites for hydroxylation is 2. The Morgan fingerprint density at radius 3 is 2.59 bits per heavy atom. The molecule has 4 rings (SSSR count). The van der Waals surface area contributed by atoms with Gasteiger partial charge in [-0.15, -0.1) is 24.8 Å². The van der Waals surface area contributed by atoms with Crippen LogP contribution in [0.1, 0.15) is 52.4 Å². The van der Waals surface area contributed by atoms with Crippen molar-refractivity contribution in [3.05, 3.63) is 40.6 Å². The highest BCUT2D eigenvalue weighted by atomic mass is 35.5. The summed E-state index contributed by atoms with van der Waals surface area (Å²) in [5, 5.41) is 4.26. The minimum absolute atomic E-state index is 0. The number of hydrogen-bond donors (Lipinski definition) is 1. The normalized spacial score (nSPS) is 18.9. The lowest BCUT2D eigenvalue weighted by atomic mass is 10.00. The van der Waals surface area contributed by atoms with Gasteiger partial charge < -0.3 is 10.2 Å². The Balaban J connectivity index is 0.00000131. The van der Waals surface area contributed by atoms with Crippen molar-refractivity contribution in [1.82, 2.24) is 15.2 Å². The standard InChI is InChI=1S/C21H27N3O.2ClH/c1-13-8-14(2)20-17(9-13)18(10-19(23-20)16-4-5-16)21(25)24-7-6-15(12-24)11-22-3;;/h8-10,15-16,22H,4-7,11-12H2,1-3H3;2*1H. The Morgan fingerprint density at radius 1 is 1.19 bits per heavy atom. The molecule has 6 heteroatoms. The summed E-state index contributed by atoms with van der Waals surface area (Å²) in [4.78, 5) is 20.3. The monoisotopic (exact) mass is 409 g/mol. The third-order valence-electron chi connectivity index (χ3n) is 5.56. The van der Waals surface area contributed by atoms with Crippen LogP contribution in [0.4, 0.5) is 0 Å². The Kier molecular flexibility index (Phi) is 7.12. The predicted molar refractivity (Wildman–Crippen MR) is 116 cm³/mol. The molecule has 0 radical (unpaired) electrons. The SMILES string of the molecule is CNCC1CCN(C(=O)c2cc(C3CC3)nc3c(C)cc(C)cc23)C1.Cl.Cl. The number of pyridine rings is 1. The number of likely N-dealkylation sites (tertiary alicyclic amines) is 1. The van der Waals surface area contributed by atoms with Crippen LogP contribution in [0.3, 0.4) is 0 Å². The van der Waals surface area contributed by atoms with E-state index in [4.69, 9.17) is 4.98 Å². The summed E-state index contributed by atoms with van der Waals surface area (Å²) in [6, 6.07) is 6.37. The largest absolute Gasteiger partial charge is 0.338 e. The quantitative estimate of drug-likeness (QED) is 0.820. The van der Waals surface area contributed by atoms with Gasteiger partial charge in [0.25, 0.3) is 5.91 Å². The fourth-order valence-electron chi connectivity index (χ4n) is 4.11. The van der Waals surface area contributed by atoms with Crippen LogP contribution < -0.4 is 5.32 Å². The second-order valence-corrected chi connectivity index (χ2v) is 7.81. The second-order valence-electron chi connectivity index (χ2n) is 7.81. The molecule has 2 fully saturated rings. The van der Waals surface area contributed by atoms with Crippen LogP contribution in [0.5, 0.6) is 0 Å². The molecular formula is C21H29Cl2N3O. The number of hydrogen-bond acceptors (Lipinski definition) is 3. The van der Waals surface area contributed by atoms with Crippen LogP contribution in [0.15, 0.2) is 18.2 Å². The van der Waals surface area contributed by atoms with Crippen molar-refractivity contribution in [2.45, 2.75) is 39.0 Å². The fourth-order valence-corrected chi connectivity index (χ4v) is 4.11. The van der Waals surface area contributed by atoms with Crippen molar-refractivity contribution < 1.29 is 4.79 Å². The highest BCUT2D eigenvalue weighted by Gasteiger charge is 2.31. The van der Waals surface area contributed by atoms with Gasteiger partial charge in [-0.1, -0.05) is 11.6 Å². The summed E-state index contributed by atoms with van der Waals surface area (Å²) in [5.41, 5.74) is 5.32. The molecule has 1 aliphatic heterocycles. The first kappa shape index (κ1) is 21.9. The number of rotatable bonds is 4. The summed E-state index contributed by atoms with van der Waals surface area (Å²) in [6.07, 6.45) is 3.49. The molecule has 1 atom stereocenters. The molecular weight excluding hydrogens is 381 g/mol. The minimum Gasteiger partial charge on any atom is -0.338 e. The maximum absolute atomic E-state index is 13.3. The topological polar surface area (TPSA) is 45.2 Å². The average Bonchev–Trinajstić information content (AvgIpc) is 3.33. The summed E-state index contributed by atoms with van der Waals surface area (Å²) in [6.45, 7) is 6.89. The van der Waals surface area contributed by atoms with Crippen LogP contribution in [0, 0.1) is 19.8 Å². The molecule has 2 heterocycles. The minimum atomic E-state index is 0. The molecule has 1 aromatic heterocycles. The average molecular weight is 410 g/mol. The first-order valence-corrected chi connectivity index (χ1v) is 9.42. The smallest absolute Gasteiger partial charge is 0.254 e. The van der Waals surface area contributed by atoms with Gasteiger partial charge in [-0.2, -0.15) is 0 Å². The molecule has 1 saturated carbocycles. The van der Waals surface area contributed by atoms with Crippen molar-refractivity contribution in [3.8, 4) is 0 Å². The number of aromatic nitrogens is 1. The van der Waals surface area contributed by atoms with Gasteiger partial charge in [0.1, 0.15) is 0 Å². The van der Waals surface area contributed by atoms with Gasteiger partial charge in [-0.05, 0) is 70.3 Å². The Hall–Kier alpha value is -1.36. The van der Waals surface area contributed by atoms with E-state index in [0.29, 0.717) is 11.8 Å². The van der Waals surface area contributed by atoms with Crippen molar-refractivity contribution in [2.24, 2.45) is 5.92 Å². The van der Waals surface area contributed by atoms with E-state index in [0.717, 1.165) is 48.2 Å². The molecule has 27 heavy (non-hydrogen) atoms. The number of fused-ring (bicyclic) bond motifs is 1. The van der Waals surface area contributed by atoms with Crippen molar-refractivity contribution in [1.29, 1.82) is 0 Å². The first-order valence-electron chi connectivity index (χ1n) is 9.42. The number of amides is 1. The molecule has 1 saturated heterocycles. The van der Waals surface area contributed by atoms with Crippen LogP contribution in [-0.4, -0.2) is 42.5 Å². The number of carbonyl (C=O) groups is 1. The zero-order chi connectivity index (χ0) is 17.6. The van der Waals surface area contributed by atoms with Gasteiger partial charge in [0.15, 0.2) is 0 Å². The summed E-state index contributed by atoms with van der Waals surface area (Å²) >= 11 is 0. The lowest BCUT2D eigenvalue weighted by Crippen LogP contribution is -2.30. The van der Waals surface area contributed by atoms with E-state index in [2.05, 4.69) is 37.4 Å². The molecule has 4 nitrogen and oxygen atoms in total. The van der Waals surface area contributed by atoms with Crippen molar-refractivity contribution in [2.75, 3.05) is 26.7 Å². The summed E-state index contributed by atoms with van der Waals surface area (Å²) in [7, 11) is 1.98. The van der Waals surface area contributed by atoms with E-state index >= 15 is 0 Å². The number of halogens is 2. The third-order valence-corrected chi connectivity index (χ3v) is 5.56. The molecule has 1 unspecified atom stereocenters. The molecule has 2 aliphatic rings. The van der Waals surface area contributed by atoms with Crippen LogP contribution >= 0.6 is 24.8 Å². The number of benzene rings is 1.